The van der Waals surface area contributed by atoms with Crippen molar-refractivity contribution in [1.29, 1.82) is 0 Å². The third kappa shape index (κ3) is 3.17. The van der Waals surface area contributed by atoms with Crippen molar-refractivity contribution in [2.24, 2.45) is 0 Å². The van der Waals surface area contributed by atoms with Crippen molar-refractivity contribution in [3.63, 3.8) is 0 Å². The van der Waals surface area contributed by atoms with Crippen LogP contribution < -0.4 is 9.46 Å². The summed E-state index contributed by atoms with van der Waals surface area (Å²) in [5.41, 5.74) is 0. The molecule has 2 rings (SSSR count). The van der Waals surface area contributed by atoms with Crippen LogP contribution in [-0.4, -0.2) is 30.7 Å². The van der Waals surface area contributed by atoms with Crippen LogP contribution in [0.1, 0.15) is 18.8 Å². The number of ether oxygens (including phenoxy) is 1. The van der Waals surface area contributed by atoms with Crippen molar-refractivity contribution >= 4 is 26.0 Å². The molecule has 0 radical (unpaired) electrons. The summed E-state index contributed by atoms with van der Waals surface area (Å²) in [5.74, 6) is 0.702. The second-order valence-electron chi connectivity index (χ2n) is 4.01. The molecule has 1 unspecified atom stereocenters. The highest BCUT2D eigenvalue weighted by Crippen LogP contribution is 2.28. The van der Waals surface area contributed by atoms with Crippen LogP contribution in [0.25, 0.3) is 0 Å². The number of aromatic nitrogens is 3. The fourth-order valence-electron chi connectivity index (χ4n) is 1.64. The van der Waals surface area contributed by atoms with Crippen LogP contribution in [0, 0.1) is 0 Å². The molecule has 0 aliphatic rings. The molecule has 0 bridgehead atoms. The highest BCUT2D eigenvalue weighted by Gasteiger charge is 2.23. The highest BCUT2D eigenvalue weighted by atomic mass is 79.9. The first-order valence-electron chi connectivity index (χ1n) is 5.65. The first kappa shape index (κ1) is 14.9. The lowest BCUT2D eigenvalue weighted by atomic mass is 10.3. The lowest BCUT2D eigenvalue weighted by Crippen LogP contribution is -2.28. The van der Waals surface area contributed by atoms with E-state index in [4.69, 9.17) is 4.74 Å². The molecule has 9 heteroatoms. The molecule has 0 aliphatic heterocycles. The van der Waals surface area contributed by atoms with Gasteiger partial charge < -0.3 is 4.74 Å². The van der Waals surface area contributed by atoms with Crippen LogP contribution >= 0.6 is 15.9 Å². The normalized spacial score (nSPS) is 13.2. The number of sulfonamides is 1. The van der Waals surface area contributed by atoms with E-state index in [0.29, 0.717) is 10.3 Å². The maximum atomic E-state index is 12.4. The van der Waals surface area contributed by atoms with Crippen LogP contribution in [0.3, 0.4) is 0 Å². The van der Waals surface area contributed by atoms with Gasteiger partial charge in [0.15, 0.2) is 0 Å². The maximum Gasteiger partial charge on any atom is 0.244 e. The van der Waals surface area contributed by atoms with Crippen molar-refractivity contribution in [3.05, 3.63) is 34.8 Å². The predicted octanol–water partition coefficient (Wildman–Crippen LogP) is 1.62. The quantitative estimate of drug-likeness (QED) is 0.844. The molecular weight excluding hydrogens is 348 g/mol. The molecule has 1 atom stereocenters. The molecule has 1 heterocycles. The smallest absolute Gasteiger partial charge is 0.244 e. The van der Waals surface area contributed by atoms with E-state index in [1.165, 1.54) is 19.5 Å². The zero-order chi connectivity index (χ0) is 14.8. The minimum atomic E-state index is -3.74. The van der Waals surface area contributed by atoms with Gasteiger partial charge in [-0.25, -0.2) is 18.1 Å². The Bertz CT molecular complexity index is 688. The maximum absolute atomic E-state index is 12.4. The third-order valence-electron chi connectivity index (χ3n) is 2.59. The Kier molecular flexibility index (Phi) is 4.41. The monoisotopic (exact) mass is 360 g/mol. The SMILES string of the molecule is COc1ccc(Br)cc1S(=O)(=O)NC(C)c1ncn[nH]1. The molecule has 0 amide bonds. The van der Waals surface area contributed by atoms with Crippen molar-refractivity contribution in [2.45, 2.75) is 17.9 Å². The van der Waals surface area contributed by atoms with Crippen molar-refractivity contribution in [2.75, 3.05) is 7.11 Å². The van der Waals surface area contributed by atoms with E-state index in [1.807, 2.05) is 0 Å². The summed E-state index contributed by atoms with van der Waals surface area (Å²) in [4.78, 5) is 3.98. The number of halogens is 1. The summed E-state index contributed by atoms with van der Waals surface area (Å²) in [6.07, 6.45) is 1.32. The third-order valence-corrected chi connectivity index (χ3v) is 4.65. The van der Waals surface area contributed by atoms with Gasteiger partial charge in [-0.15, -0.1) is 0 Å². The second-order valence-corrected chi connectivity index (χ2v) is 6.61. The largest absolute Gasteiger partial charge is 0.495 e. The number of benzene rings is 1. The molecule has 2 N–H and O–H groups in total. The summed E-state index contributed by atoms with van der Waals surface area (Å²) in [6.45, 7) is 1.67. The van der Waals surface area contributed by atoms with Crippen LogP contribution in [0.4, 0.5) is 0 Å². The van der Waals surface area contributed by atoms with Gasteiger partial charge in [-0.2, -0.15) is 5.10 Å². The number of aromatic amines is 1. The number of nitrogens with zero attached hydrogens (tertiary/aromatic N) is 2. The Morgan fingerprint density at radius 3 is 2.80 bits per heavy atom. The molecule has 2 aromatic rings. The van der Waals surface area contributed by atoms with Crippen LogP contribution in [0.2, 0.25) is 0 Å². The predicted molar refractivity (Wildman–Crippen MR) is 75.8 cm³/mol. The van der Waals surface area contributed by atoms with Crippen LogP contribution in [0.5, 0.6) is 5.75 Å². The summed E-state index contributed by atoms with van der Waals surface area (Å²) in [6, 6.07) is 4.23. The van der Waals surface area contributed by atoms with Crippen molar-refractivity contribution in [3.8, 4) is 5.75 Å². The minimum Gasteiger partial charge on any atom is -0.495 e. The Balaban J connectivity index is 2.33. The Morgan fingerprint density at radius 2 is 2.20 bits per heavy atom. The Hall–Kier alpha value is -1.45. The fraction of sp³-hybridized carbons (Fsp3) is 0.273. The van der Waals surface area contributed by atoms with Gasteiger partial charge in [0.25, 0.3) is 0 Å². The number of hydrogen-bond donors (Lipinski definition) is 2. The topological polar surface area (TPSA) is 97.0 Å². The summed E-state index contributed by atoms with van der Waals surface area (Å²) >= 11 is 3.25. The van der Waals surface area contributed by atoms with Gasteiger partial charge >= 0.3 is 0 Å². The summed E-state index contributed by atoms with van der Waals surface area (Å²) < 4.78 is 33.0. The number of rotatable bonds is 5. The Labute approximate surface area is 124 Å². The van der Waals surface area contributed by atoms with Gasteiger partial charge in [-0.3, -0.25) is 5.10 Å². The van der Waals surface area contributed by atoms with Gasteiger partial charge in [-0.05, 0) is 25.1 Å². The van der Waals surface area contributed by atoms with Crippen molar-refractivity contribution in [1.82, 2.24) is 19.9 Å². The molecule has 0 spiro atoms. The average molecular weight is 361 g/mol. The summed E-state index contributed by atoms with van der Waals surface area (Å²) in [5, 5.41) is 6.31. The van der Waals surface area contributed by atoms with E-state index < -0.39 is 16.1 Å². The van der Waals surface area contributed by atoms with Crippen LogP contribution in [0.15, 0.2) is 33.9 Å². The molecule has 7 nitrogen and oxygen atoms in total. The molecule has 0 aliphatic carbocycles. The van der Waals surface area contributed by atoms with E-state index in [1.54, 1.807) is 19.1 Å². The van der Waals surface area contributed by atoms with E-state index in [9.17, 15) is 8.42 Å². The van der Waals surface area contributed by atoms with Crippen molar-refractivity contribution < 1.29 is 13.2 Å². The van der Waals surface area contributed by atoms with Gasteiger partial charge in [0.2, 0.25) is 10.0 Å². The van der Waals surface area contributed by atoms with Gasteiger partial charge in [0, 0.05) is 4.47 Å². The molecule has 108 valence electrons. The van der Waals surface area contributed by atoms with E-state index >= 15 is 0 Å². The van der Waals surface area contributed by atoms with E-state index in [0.717, 1.165) is 0 Å². The molecule has 20 heavy (non-hydrogen) atoms. The molecular formula is C11H13BrN4O3S. The van der Waals surface area contributed by atoms with Crippen LogP contribution in [-0.2, 0) is 10.0 Å². The molecule has 0 saturated carbocycles. The Morgan fingerprint density at radius 1 is 1.45 bits per heavy atom. The van der Waals surface area contributed by atoms with E-state index in [2.05, 4.69) is 35.8 Å². The first-order valence-corrected chi connectivity index (χ1v) is 7.93. The fourth-order valence-corrected chi connectivity index (χ4v) is 3.55. The highest BCUT2D eigenvalue weighted by molar-refractivity contribution is 9.10. The minimum absolute atomic E-state index is 0.0562. The molecule has 1 aromatic heterocycles. The lowest BCUT2D eigenvalue weighted by Gasteiger charge is -2.14. The average Bonchev–Trinajstić information content (AvgIpc) is 2.92. The van der Waals surface area contributed by atoms with E-state index in [-0.39, 0.29) is 10.6 Å². The van der Waals surface area contributed by atoms with Gasteiger partial charge in [-0.1, -0.05) is 15.9 Å². The van der Waals surface area contributed by atoms with Gasteiger partial charge in [0.05, 0.1) is 13.2 Å². The first-order chi connectivity index (χ1) is 9.44. The summed E-state index contributed by atoms with van der Waals surface area (Å²) in [7, 11) is -2.32. The van der Waals surface area contributed by atoms with Gasteiger partial charge in [0.1, 0.15) is 22.8 Å². The number of methoxy groups -OCH3 is 1. The number of H-pyrrole nitrogens is 1. The zero-order valence-electron chi connectivity index (χ0n) is 10.8. The molecule has 0 fully saturated rings. The standard InChI is InChI=1S/C11H13BrN4O3S/c1-7(11-13-6-14-15-11)16-20(17,18)10-5-8(12)3-4-9(10)19-2/h3-7,16H,1-2H3,(H,13,14,15). The molecule has 0 saturated heterocycles. The molecule has 1 aromatic carbocycles. The second kappa shape index (κ2) is 5.90. The number of nitrogens with one attached hydrogen (secondary N) is 2. The zero-order valence-corrected chi connectivity index (χ0v) is 13.2. The number of hydrogen-bond acceptors (Lipinski definition) is 5. The lowest BCUT2D eigenvalue weighted by molar-refractivity contribution is 0.402.